The van der Waals surface area contributed by atoms with Gasteiger partial charge in [-0.25, -0.2) is 4.79 Å². The van der Waals surface area contributed by atoms with Crippen LogP contribution in [0.4, 0.5) is 4.79 Å². The van der Waals surface area contributed by atoms with Crippen molar-refractivity contribution in [3.05, 3.63) is 120 Å². The average Bonchev–Trinajstić information content (AvgIpc) is 3.61. The molecule has 0 aliphatic heterocycles. The number of amides is 1. The molecule has 13 heteroatoms. The Labute approximate surface area is 369 Å². The number of hydrogen-bond acceptors (Lipinski definition) is 11. The fourth-order valence-corrected chi connectivity index (χ4v) is 12.1. The predicted octanol–water partition coefficient (Wildman–Crippen LogP) is 6.23. The van der Waals surface area contributed by atoms with E-state index in [9.17, 15) is 4.79 Å². The molecule has 0 bridgehead atoms. The Morgan fingerprint density at radius 2 is 0.806 bits per heavy atom. The maximum absolute atomic E-state index is 12.3. The van der Waals surface area contributed by atoms with E-state index >= 15 is 0 Å². The number of ether oxygens (including phenoxy) is 9. The van der Waals surface area contributed by atoms with Crippen LogP contribution >= 0.6 is 0 Å². The second kappa shape index (κ2) is 27.9. The van der Waals surface area contributed by atoms with E-state index in [2.05, 4.69) is 111 Å². The summed E-state index contributed by atoms with van der Waals surface area (Å²) >= 11 is 0. The number of hydrogen-bond donors (Lipinski definition) is 1. The number of carbonyl (C=O) groups excluding carboxylic acids is 1. The molecule has 1 amide bonds. The zero-order chi connectivity index (χ0) is 43.6. The van der Waals surface area contributed by atoms with E-state index in [1.54, 1.807) is 0 Å². The van der Waals surface area contributed by atoms with Crippen molar-refractivity contribution in [2.75, 3.05) is 125 Å². The van der Waals surface area contributed by atoms with Gasteiger partial charge in [0.25, 0.3) is 8.32 Å². The summed E-state index contributed by atoms with van der Waals surface area (Å²) in [4.78, 5) is 12.3. The highest BCUT2D eigenvalue weighted by molar-refractivity contribution is 6.99. The van der Waals surface area contributed by atoms with Gasteiger partial charge in [0.15, 0.2) is 0 Å². The highest BCUT2D eigenvalue weighted by Gasteiger charge is 2.50. The van der Waals surface area contributed by atoms with Crippen LogP contribution < -0.4 is 15.7 Å². The second-order valence-electron chi connectivity index (χ2n) is 15.7. The summed E-state index contributed by atoms with van der Waals surface area (Å²) in [6.45, 7) is 15.5. The third-order valence-corrected chi connectivity index (χ3v) is 15.5. The maximum atomic E-state index is 12.3. The lowest BCUT2D eigenvalue weighted by molar-refractivity contribution is -0.0236. The van der Waals surface area contributed by atoms with Gasteiger partial charge in [-0.2, -0.15) is 0 Å². The third-order valence-electron chi connectivity index (χ3n) is 10.4. The summed E-state index contributed by atoms with van der Waals surface area (Å²) in [6.07, 6.45) is -0.452. The van der Waals surface area contributed by atoms with E-state index in [0.29, 0.717) is 119 Å². The van der Waals surface area contributed by atoms with E-state index < -0.39 is 14.4 Å². The van der Waals surface area contributed by atoms with Crippen molar-refractivity contribution in [2.45, 2.75) is 31.7 Å². The molecule has 4 aromatic rings. The van der Waals surface area contributed by atoms with Gasteiger partial charge in [0, 0.05) is 12.5 Å². The van der Waals surface area contributed by atoms with Crippen molar-refractivity contribution in [1.29, 1.82) is 0 Å². The number of alkyl carbamates (subject to hydrolysis) is 1. The van der Waals surface area contributed by atoms with Crippen molar-refractivity contribution in [1.82, 2.24) is 5.32 Å². The fourth-order valence-electron chi connectivity index (χ4n) is 7.53. The van der Waals surface area contributed by atoms with Crippen LogP contribution in [0.2, 0.25) is 5.04 Å². The first-order valence-electron chi connectivity index (χ1n) is 21.9. The molecule has 62 heavy (non-hydrogen) atoms. The molecule has 0 saturated carbocycles. The van der Waals surface area contributed by atoms with Crippen molar-refractivity contribution >= 4 is 24.8 Å². The van der Waals surface area contributed by atoms with Gasteiger partial charge in [-0.3, -0.25) is 0 Å². The molecule has 0 atom stereocenters. The van der Waals surface area contributed by atoms with Crippen LogP contribution in [0.1, 0.15) is 37.8 Å². The minimum atomic E-state index is -2.55. The molecule has 12 nitrogen and oxygen atoms in total. The minimum Gasteiger partial charge on any atom is -0.449 e. The Hall–Kier alpha value is -3.99. The summed E-state index contributed by atoms with van der Waals surface area (Å²) < 4.78 is 57.3. The quantitative estimate of drug-likeness (QED) is 0.0444. The highest BCUT2D eigenvalue weighted by atomic mass is 28.4. The Kier molecular flexibility index (Phi) is 22.1. The van der Waals surface area contributed by atoms with E-state index in [-0.39, 0.29) is 17.6 Å². The van der Waals surface area contributed by atoms with Crippen LogP contribution in [0.3, 0.4) is 0 Å². The minimum absolute atomic E-state index is 0.0350. The van der Waals surface area contributed by atoms with Crippen LogP contribution in [0.15, 0.2) is 109 Å². The Morgan fingerprint density at radius 1 is 0.468 bits per heavy atom. The largest absolute Gasteiger partial charge is 0.449 e. The predicted molar refractivity (Wildman–Crippen MR) is 243 cm³/mol. The van der Waals surface area contributed by atoms with Gasteiger partial charge < -0.3 is 52.4 Å². The summed E-state index contributed by atoms with van der Waals surface area (Å²) in [5.74, 6) is 0.0350. The summed E-state index contributed by atoms with van der Waals surface area (Å²) in [7, 11) is -2.55. The van der Waals surface area contributed by atoms with E-state index in [1.807, 2.05) is 24.3 Å². The smallest absolute Gasteiger partial charge is 0.407 e. The van der Waals surface area contributed by atoms with Crippen molar-refractivity contribution in [3.63, 3.8) is 0 Å². The number of carbonyl (C=O) groups is 1. The molecule has 0 aromatic heterocycles. The topological polar surface area (TPSA) is 121 Å². The lowest BCUT2D eigenvalue weighted by Gasteiger charge is -2.43. The summed E-state index contributed by atoms with van der Waals surface area (Å²) in [5.41, 5.74) is 4.77. The normalized spacial score (nSPS) is 12.6. The standard InChI is InChI=1S/C49H67NO11Si/c1-49(2,3)62(41-14-6-4-7-15-41,42-16-8-5-9-17-42)61-39-38-59-37-36-58-35-34-57-33-32-56-31-30-55-29-28-54-27-26-53-25-24-52-23-22-50-48(51)60-40-47-45-20-12-10-18-43(45)44-19-11-13-21-46(44)47/h4-21,47H,22-40H2,1-3H3,(H,50,51). The van der Waals surface area contributed by atoms with E-state index in [4.69, 9.17) is 47.1 Å². The zero-order valence-electron chi connectivity index (χ0n) is 36.9. The van der Waals surface area contributed by atoms with Gasteiger partial charge in [-0.1, -0.05) is 130 Å². The molecule has 0 unspecified atom stereocenters. The lowest BCUT2D eigenvalue weighted by atomic mass is 9.98. The first-order chi connectivity index (χ1) is 30.4. The zero-order valence-corrected chi connectivity index (χ0v) is 37.9. The fraction of sp³-hybridized carbons (Fsp3) is 0.490. The van der Waals surface area contributed by atoms with E-state index in [1.165, 1.54) is 32.6 Å². The van der Waals surface area contributed by atoms with Crippen LogP contribution in [0.5, 0.6) is 0 Å². The molecule has 0 radical (unpaired) electrons. The van der Waals surface area contributed by atoms with Crippen LogP contribution in [0.25, 0.3) is 11.1 Å². The number of rotatable bonds is 32. The van der Waals surface area contributed by atoms with Gasteiger partial charge >= 0.3 is 6.09 Å². The molecule has 1 aliphatic carbocycles. The van der Waals surface area contributed by atoms with Crippen molar-refractivity contribution in [3.8, 4) is 11.1 Å². The molecule has 4 aromatic carbocycles. The van der Waals surface area contributed by atoms with Gasteiger partial charge in [-0.15, -0.1) is 0 Å². The van der Waals surface area contributed by atoms with Gasteiger partial charge in [0.1, 0.15) is 6.61 Å². The number of nitrogens with one attached hydrogen (secondary N) is 1. The maximum Gasteiger partial charge on any atom is 0.407 e. The molecule has 0 spiro atoms. The second-order valence-corrected chi connectivity index (χ2v) is 20.0. The molecule has 5 rings (SSSR count). The first kappa shape index (κ1) is 49.0. The number of fused-ring (bicyclic) bond motifs is 3. The summed E-state index contributed by atoms with van der Waals surface area (Å²) in [5, 5.41) is 5.21. The molecule has 338 valence electrons. The Balaban J connectivity index is 0.739. The molecule has 0 heterocycles. The van der Waals surface area contributed by atoms with Gasteiger partial charge in [0.2, 0.25) is 0 Å². The summed E-state index contributed by atoms with van der Waals surface area (Å²) in [6, 6.07) is 37.8. The monoisotopic (exact) mass is 873 g/mol. The van der Waals surface area contributed by atoms with Crippen LogP contribution in [-0.4, -0.2) is 140 Å². The van der Waals surface area contributed by atoms with Crippen molar-refractivity contribution < 1.29 is 51.9 Å². The van der Waals surface area contributed by atoms with Gasteiger partial charge in [0.05, 0.1) is 112 Å². The molecule has 1 N–H and O–H groups in total. The molecule has 0 fully saturated rings. The SMILES string of the molecule is CC(C)(C)[Si](OCCOCCOCCOCCOCCOCCOCCOCCOCCNC(=O)OCC1c2ccccc2-c2ccccc21)(c1ccccc1)c1ccccc1. The van der Waals surface area contributed by atoms with Crippen LogP contribution in [-0.2, 0) is 47.1 Å². The van der Waals surface area contributed by atoms with E-state index in [0.717, 1.165) is 0 Å². The highest BCUT2D eigenvalue weighted by Crippen LogP contribution is 2.44. The lowest BCUT2D eigenvalue weighted by Crippen LogP contribution is -2.66. The first-order valence-corrected chi connectivity index (χ1v) is 23.8. The third kappa shape index (κ3) is 15.7. The van der Waals surface area contributed by atoms with Crippen LogP contribution in [0, 0.1) is 0 Å². The molecular weight excluding hydrogens is 807 g/mol. The average molecular weight is 874 g/mol. The van der Waals surface area contributed by atoms with Crippen molar-refractivity contribution in [2.24, 2.45) is 0 Å². The molecular formula is C49H67NO11Si. The Bertz CT molecular complexity index is 1730. The molecule has 1 aliphatic rings. The number of benzene rings is 4. The molecule has 0 saturated heterocycles. The Morgan fingerprint density at radius 3 is 1.19 bits per heavy atom. The van der Waals surface area contributed by atoms with Gasteiger partial charge in [-0.05, 0) is 37.7 Å².